The number of aryl methyl sites for hydroxylation is 2. The number of hydrogen-bond acceptors (Lipinski definition) is 3. The van der Waals surface area contributed by atoms with Gasteiger partial charge in [-0.3, -0.25) is 4.79 Å². The van der Waals surface area contributed by atoms with Crippen LogP contribution in [0.25, 0.3) is 0 Å². The smallest absolute Gasteiger partial charge is 0.333 e. The molecule has 18 heavy (non-hydrogen) atoms. The van der Waals surface area contributed by atoms with Crippen LogP contribution < -0.4 is 5.56 Å². The molecule has 0 aliphatic carbocycles. The normalized spacial score (nSPS) is 12.0. The third-order valence-electron chi connectivity index (χ3n) is 2.58. The highest BCUT2D eigenvalue weighted by molar-refractivity contribution is 5.87. The molecule has 98 valence electrons. The Kier molecular flexibility index (Phi) is 4.48. The van der Waals surface area contributed by atoms with E-state index in [0.717, 1.165) is 11.3 Å². The highest BCUT2D eigenvalue weighted by Crippen LogP contribution is 2.04. The van der Waals surface area contributed by atoms with Crippen molar-refractivity contribution in [2.45, 2.75) is 40.3 Å². The molecule has 0 N–H and O–H groups in total. The zero-order chi connectivity index (χ0) is 13.9. The molecule has 0 spiro atoms. The number of rotatable bonds is 4. The second-order valence-electron chi connectivity index (χ2n) is 4.62. The topological polar surface area (TPSA) is 48.3 Å². The minimum absolute atomic E-state index is 0.0780. The lowest BCUT2D eigenvalue weighted by atomic mass is 10.2. The summed E-state index contributed by atoms with van der Waals surface area (Å²) in [7, 11) is 0. The van der Waals surface area contributed by atoms with Crippen molar-refractivity contribution >= 4 is 5.97 Å². The van der Waals surface area contributed by atoms with Crippen molar-refractivity contribution in [3.63, 3.8) is 0 Å². The lowest BCUT2D eigenvalue weighted by Crippen LogP contribution is -2.29. The van der Waals surface area contributed by atoms with Gasteiger partial charge in [0.15, 0.2) is 0 Å². The van der Waals surface area contributed by atoms with Gasteiger partial charge in [0.05, 0.1) is 6.54 Å². The molecule has 0 saturated heterocycles. The van der Waals surface area contributed by atoms with Crippen LogP contribution in [0.5, 0.6) is 0 Å². The largest absolute Gasteiger partial charge is 0.457 e. The van der Waals surface area contributed by atoms with E-state index in [9.17, 15) is 9.59 Å². The number of esters is 1. The van der Waals surface area contributed by atoms with Crippen LogP contribution in [-0.4, -0.2) is 16.6 Å². The van der Waals surface area contributed by atoms with Crippen LogP contribution in [0.2, 0.25) is 0 Å². The van der Waals surface area contributed by atoms with Gasteiger partial charge in [-0.1, -0.05) is 6.58 Å². The molecule has 1 rings (SSSR count). The van der Waals surface area contributed by atoms with E-state index in [4.69, 9.17) is 4.74 Å². The zero-order valence-corrected chi connectivity index (χ0v) is 11.3. The molecule has 1 aromatic rings. The summed E-state index contributed by atoms with van der Waals surface area (Å²) < 4.78 is 6.76. The molecular formula is C14H19NO3. The number of hydrogen-bond donors (Lipinski definition) is 0. The van der Waals surface area contributed by atoms with Crippen molar-refractivity contribution < 1.29 is 9.53 Å². The first-order chi connectivity index (χ1) is 8.31. The third-order valence-corrected chi connectivity index (χ3v) is 2.58. The lowest BCUT2D eigenvalue weighted by Gasteiger charge is -2.17. The summed E-state index contributed by atoms with van der Waals surface area (Å²) in [5, 5.41) is 0. The van der Waals surface area contributed by atoms with Crippen molar-refractivity contribution in [2.75, 3.05) is 0 Å². The van der Waals surface area contributed by atoms with Gasteiger partial charge in [-0.2, -0.15) is 0 Å². The lowest BCUT2D eigenvalue weighted by molar-refractivity contribution is -0.143. The van der Waals surface area contributed by atoms with Gasteiger partial charge in [0, 0.05) is 17.3 Å². The Balaban J connectivity index is 2.83. The van der Waals surface area contributed by atoms with Gasteiger partial charge in [0.25, 0.3) is 5.56 Å². The fourth-order valence-electron chi connectivity index (χ4n) is 1.71. The fourth-order valence-corrected chi connectivity index (χ4v) is 1.71. The molecule has 0 saturated carbocycles. The van der Waals surface area contributed by atoms with Crippen molar-refractivity contribution in [1.29, 1.82) is 0 Å². The second-order valence-corrected chi connectivity index (χ2v) is 4.62. The van der Waals surface area contributed by atoms with E-state index in [1.807, 2.05) is 19.9 Å². The molecule has 1 aromatic heterocycles. The standard InChI is InChI=1S/C14H19NO3/c1-9(2)14(17)18-12(5)8-15-11(4)6-10(3)7-13(15)16/h6-7,12H,1,8H2,2-5H3. The average Bonchev–Trinajstić information content (AvgIpc) is 2.23. The van der Waals surface area contributed by atoms with Crippen LogP contribution in [0, 0.1) is 13.8 Å². The van der Waals surface area contributed by atoms with E-state index in [0.29, 0.717) is 12.1 Å². The van der Waals surface area contributed by atoms with E-state index in [-0.39, 0.29) is 11.7 Å². The van der Waals surface area contributed by atoms with E-state index in [2.05, 4.69) is 6.58 Å². The van der Waals surface area contributed by atoms with Crippen LogP contribution in [-0.2, 0) is 16.1 Å². The van der Waals surface area contributed by atoms with Crippen molar-refractivity contribution in [2.24, 2.45) is 0 Å². The quantitative estimate of drug-likeness (QED) is 0.605. The Hall–Kier alpha value is -1.84. The summed E-state index contributed by atoms with van der Waals surface area (Å²) in [6.45, 7) is 11.0. The van der Waals surface area contributed by atoms with Gasteiger partial charge in [0.1, 0.15) is 6.10 Å². The maximum atomic E-state index is 11.8. The number of pyridine rings is 1. The summed E-state index contributed by atoms with van der Waals surface area (Å²) in [5.41, 5.74) is 2.07. The van der Waals surface area contributed by atoms with E-state index >= 15 is 0 Å². The maximum absolute atomic E-state index is 11.8. The first kappa shape index (κ1) is 14.2. The minimum atomic E-state index is -0.430. The average molecular weight is 249 g/mol. The minimum Gasteiger partial charge on any atom is -0.457 e. The predicted octanol–water partition coefficient (Wildman–Crippen LogP) is 1.97. The predicted molar refractivity (Wildman–Crippen MR) is 70.5 cm³/mol. The Labute approximate surface area is 107 Å². The molecule has 0 amide bonds. The van der Waals surface area contributed by atoms with Crippen molar-refractivity contribution in [3.8, 4) is 0 Å². The van der Waals surface area contributed by atoms with E-state index in [1.165, 1.54) is 0 Å². The monoisotopic (exact) mass is 249 g/mol. The van der Waals surface area contributed by atoms with E-state index in [1.54, 1.807) is 24.5 Å². The molecule has 0 aliphatic heterocycles. The van der Waals surface area contributed by atoms with Crippen molar-refractivity contribution in [1.82, 2.24) is 4.57 Å². The first-order valence-corrected chi connectivity index (χ1v) is 5.86. The summed E-state index contributed by atoms with van der Waals surface area (Å²) >= 11 is 0. The van der Waals surface area contributed by atoms with Crippen LogP contribution in [0.3, 0.4) is 0 Å². The highest BCUT2D eigenvalue weighted by Gasteiger charge is 2.12. The van der Waals surface area contributed by atoms with Crippen LogP contribution >= 0.6 is 0 Å². The molecule has 0 bridgehead atoms. The van der Waals surface area contributed by atoms with Gasteiger partial charge in [-0.05, 0) is 39.3 Å². The summed E-state index contributed by atoms with van der Waals surface area (Å²) in [5.74, 6) is -0.430. The van der Waals surface area contributed by atoms with Crippen LogP contribution in [0.15, 0.2) is 29.1 Å². The number of carbonyl (C=O) groups is 1. The number of ether oxygens (including phenoxy) is 1. The van der Waals surface area contributed by atoms with Gasteiger partial charge >= 0.3 is 5.97 Å². The molecular weight excluding hydrogens is 230 g/mol. The summed E-state index contributed by atoms with van der Waals surface area (Å²) in [6, 6.07) is 3.50. The number of aromatic nitrogens is 1. The zero-order valence-electron chi connectivity index (χ0n) is 11.3. The number of nitrogens with zero attached hydrogens (tertiary/aromatic N) is 1. The summed E-state index contributed by atoms with van der Waals surface area (Å²) in [6.07, 6.45) is -0.367. The maximum Gasteiger partial charge on any atom is 0.333 e. The first-order valence-electron chi connectivity index (χ1n) is 5.86. The summed E-state index contributed by atoms with van der Waals surface area (Å²) in [4.78, 5) is 23.2. The Bertz CT molecular complexity index is 528. The van der Waals surface area contributed by atoms with Crippen LogP contribution in [0.1, 0.15) is 25.1 Å². The Morgan fingerprint density at radius 1 is 1.44 bits per heavy atom. The number of carbonyl (C=O) groups excluding carboxylic acids is 1. The second kappa shape index (κ2) is 5.67. The Morgan fingerprint density at radius 3 is 2.56 bits per heavy atom. The molecule has 1 atom stereocenters. The van der Waals surface area contributed by atoms with Gasteiger partial charge < -0.3 is 9.30 Å². The molecule has 0 aliphatic rings. The van der Waals surface area contributed by atoms with Crippen LogP contribution in [0.4, 0.5) is 0 Å². The van der Waals surface area contributed by atoms with Gasteiger partial charge in [-0.25, -0.2) is 4.79 Å². The molecule has 1 heterocycles. The molecule has 0 aromatic carbocycles. The Morgan fingerprint density at radius 2 is 2.06 bits per heavy atom. The SMILES string of the molecule is C=C(C)C(=O)OC(C)Cn1c(C)cc(C)cc1=O. The molecule has 0 fully saturated rings. The molecule has 0 radical (unpaired) electrons. The molecule has 1 unspecified atom stereocenters. The highest BCUT2D eigenvalue weighted by atomic mass is 16.5. The van der Waals surface area contributed by atoms with Crippen molar-refractivity contribution in [3.05, 3.63) is 45.9 Å². The third kappa shape index (κ3) is 3.58. The van der Waals surface area contributed by atoms with E-state index < -0.39 is 5.97 Å². The van der Waals surface area contributed by atoms with Gasteiger partial charge in [0.2, 0.25) is 0 Å². The molecule has 4 nitrogen and oxygen atoms in total. The fraction of sp³-hybridized carbons (Fsp3) is 0.429. The van der Waals surface area contributed by atoms with Gasteiger partial charge in [-0.15, -0.1) is 0 Å². The molecule has 4 heteroatoms.